The Bertz CT molecular complexity index is 256. The summed E-state index contributed by atoms with van der Waals surface area (Å²) in [4.78, 5) is 15.2. The zero-order valence-electron chi connectivity index (χ0n) is 8.03. The Hall–Kier alpha value is -1.32. The minimum absolute atomic E-state index is 0.0346. The lowest BCUT2D eigenvalue weighted by atomic mass is 10.2. The fourth-order valence-corrected chi connectivity index (χ4v) is 0.969. The number of carbonyl (C=O) groups excluding carboxylic acids is 1. The number of carbonyl (C=O) groups is 1. The molecule has 72 valence electrons. The summed E-state index contributed by atoms with van der Waals surface area (Å²) in [5.74, 6) is 0.0346. The molecule has 0 aliphatic rings. The number of imidazole rings is 1. The Morgan fingerprint density at radius 3 is 3.00 bits per heavy atom. The van der Waals surface area contributed by atoms with Gasteiger partial charge in [0.25, 0.3) is 0 Å². The molecular weight excluding hydrogens is 166 g/mol. The van der Waals surface area contributed by atoms with Crippen molar-refractivity contribution in [3.05, 3.63) is 18.7 Å². The Morgan fingerprint density at radius 2 is 2.46 bits per heavy atom. The lowest BCUT2D eigenvalue weighted by Gasteiger charge is -2.11. The molecule has 1 heterocycles. The van der Waals surface area contributed by atoms with Crippen LogP contribution in [-0.4, -0.2) is 21.5 Å². The minimum atomic E-state index is 0.0346. The molecule has 1 unspecified atom stereocenters. The van der Waals surface area contributed by atoms with Gasteiger partial charge in [-0.05, 0) is 13.3 Å². The Balaban J connectivity index is 2.34. The van der Waals surface area contributed by atoms with E-state index < -0.39 is 0 Å². The Morgan fingerprint density at radius 1 is 1.69 bits per heavy atom. The molecule has 4 nitrogen and oxygen atoms in total. The highest BCUT2D eigenvalue weighted by molar-refractivity contribution is 5.75. The van der Waals surface area contributed by atoms with Crippen LogP contribution in [0.1, 0.15) is 20.3 Å². The van der Waals surface area contributed by atoms with Gasteiger partial charge in [0.05, 0.1) is 6.33 Å². The molecule has 0 saturated heterocycles. The standard InChI is InChI=1S/C9H15N3O/c1-3-8(2)11-9(13)6-12-5-4-10-7-12/h4-5,7-8H,3,6H2,1-2H3,(H,11,13). The molecule has 1 aromatic heterocycles. The minimum Gasteiger partial charge on any atom is -0.352 e. The van der Waals surface area contributed by atoms with Gasteiger partial charge in [-0.3, -0.25) is 4.79 Å². The molecule has 0 saturated carbocycles. The number of hydrogen-bond donors (Lipinski definition) is 1. The van der Waals surface area contributed by atoms with E-state index in [0.29, 0.717) is 6.54 Å². The van der Waals surface area contributed by atoms with Crippen LogP contribution in [0.15, 0.2) is 18.7 Å². The highest BCUT2D eigenvalue weighted by Gasteiger charge is 2.04. The maximum atomic E-state index is 11.3. The first-order valence-electron chi connectivity index (χ1n) is 4.47. The second-order valence-corrected chi connectivity index (χ2v) is 3.11. The van der Waals surface area contributed by atoms with E-state index in [1.807, 2.05) is 13.8 Å². The van der Waals surface area contributed by atoms with Crippen LogP contribution in [0.4, 0.5) is 0 Å². The first-order valence-corrected chi connectivity index (χ1v) is 4.47. The molecule has 0 aliphatic heterocycles. The van der Waals surface area contributed by atoms with Crippen molar-refractivity contribution in [1.29, 1.82) is 0 Å². The molecule has 1 amide bonds. The van der Waals surface area contributed by atoms with Crippen molar-refractivity contribution >= 4 is 5.91 Å². The van der Waals surface area contributed by atoms with Crippen LogP contribution in [0, 0.1) is 0 Å². The lowest BCUT2D eigenvalue weighted by molar-refractivity contribution is -0.122. The third kappa shape index (κ3) is 3.27. The number of nitrogens with one attached hydrogen (secondary N) is 1. The third-order valence-corrected chi connectivity index (χ3v) is 1.91. The summed E-state index contributed by atoms with van der Waals surface area (Å²) in [5, 5.41) is 2.88. The molecule has 4 heteroatoms. The second-order valence-electron chi connectivity index (χ2n) is 3.11. The van der Waals surface area contributed by atoms with Gasteiger partial charge in [-0.1, -0.05) is 6.92 Å². The van der Waals surface area contributed by atoms with Crippen molar-refractivity contribution in [2.75, 3.05) is 0 Å². The monoisotopic (exact) mass is 181 g/mol. The number of nitrogens with zero attached hydrogens (tertiary/aromatic N) is 2. The van der Waals surface area contributed by atoms with Gasteiger partial charge >= 0.3 is 0 Å². The summed E-state index contributed by atoms with van der Waals surface area (Å²) in [6, 6.07) is 0.246. The lowest BCUT2D eigenvalue weighted by Crippen LogP contribution is -2.34. The van der Waals surface area contributed by atoms with Gasteiger partial charge in [0.15, 0.2) is 0 Å². The molecule has 0 spiro atoms. The maximum Gasteiger partial charge on any atom is 0.240 e. The molecule has 1 N–H and O–H groups in total. The van der Waals surface area contributed by atoms with E-state index >= 15 is 0 Å². The van der Waals surface area contributed by atoms with E-state index in [9.17, 15) is 4.79 Å². The van der Waals surface area contributed by atoms with Crippen LogP contribution in [-0.2, 0) is 11.3 Å². The van der Waals surface area contributed by atoms with Gasteiger partial charge in [-0.15, -0.1) is 0 Å². The van der Waals surface area contributed by atoms with Gasteiger partial charge in [0.1, 0.15) is 6.54 Å². The van der Waals surface area contributed by atoms with E-state index in [2.05, 4.69) is 10.3 Å². The Labute approximate surface area is 78.0 Å². The van der Waals surface area contributed by atoms with E-state index in [0.717, 1.165) is 6.42 Å². The first-order chi connectivity index (χ1) is 6.22. The van der Waals surface area contributed by atoms with Crippen LogP contribution >= 0.6 is 0 Å². The van der Waals surface area contributed by atoms with Crippen molar-refractivity contribution in [2.24, 2.45) is 0 Å². The van der Waals surface area contributed by atoms with E-state index in [4.69, 9.17) is 0 Å². The van der Waals surface area contributed by atoms with E-state index in [1.54, 1.807) is 23.3 Å². The van der Waals surface area contributed by atoms with E-state index in [1.165, 1.54) is 0 Å². The molecule has 0 aliphatic carbocycles. The van der Waals surface area contributed by atoms with Gasteiger partial charge < -0.3 is 9.88 Å². The van der Waals surface area contributed by atoms with Crippen LogP contribution in [0.25, 0.3) is 0 Å². The molecule has 0 fully saturated rings. The largest absolute Gasteiger partial charge is 0.352 e. The predicted molar refractivity (Wildman–Crippen MR) is 50.1 cm³/mol. The molecular formula is C9H15N3O. The van der Waals surface area contributed by atoms with Gasteiger partial charge in [-0.2, -0.15) is 0 Å². The van der Waals surface area contributed by atoms with Crippen LogP contribution < -0.4 is 5.32 Å². The van der Waals surface area contributed by atoms with Crippen molar-refractivity contribution in [3.8, 4) is 0 Å². The summed E-state index contributed by atoms with van der Waals surface area (Å²) < 4.78 is 1.75. The predicted octanol–water partition coefficient (Wildman–Crippen LogP) is 0.798. The number of aromatic nitrogens is 2. The molecule has 0 radical (unpaired) electrons. The highest BCUT2D eigenvalue weighted by atomic mass is 16.2. The normalized spacial score (nSPS) is 12.5. The molecule has 1 rings (SSSR count). The van der Waals surface area contributed by atoms with Crippen LogP contribution in [0.2, 0.25) is 0 Å². The fraction of sp³-hybridized carbons (Fsp3) is 0.556. The molecule has 13 heavy (non-hydrogen) atoms. The average molecular weight is 181 g/mol. The smallest absolute Gasteiger partial charge is 0.240 e. The van der Waals surface area contributed by atoms with Crippen LogP contribution in [0.3, 0.4) is 0 Å². The Kier molecular flexibility index (Phi) is 3.49. The summed E-state index contributed by atoms with van der Waals surface area (Å²) >= 11 is 0. The second kappa shape index (κ2) is 4.64. The van der Waals surface area contributed by atoms with Crippen molar-refractivity contribution in [2.45, 2.75) is 32.9 Å². The van der Waals surface area contributed by atoms with Gasteiger partial charge in [0.2, 0.25) is 5.91 Å². The zero-order valence-corrected chi connectivity index (χ0v) is 8.03. The SMILES string of the molecule is CCC(C)NC(=O)Cn1ccnc1. The molecule has 0 bridgehead atoms. The van der Waals surface area contributed by atoms with Crippen molar-refractivity contribution < 1.29 is 4.79 Å². The summed E-state index contributed by atoms with van der Waals surface area (Å²) in [7, 11) is 0. The maximum absolute atomic E-state index is 11.3. The van der Waals surface area contributed by atoms with Gasteiger partial charge in [-0.25, -0.2) is 4.98 Å². The zero-order chi connectivity index (χ0) is 9.68. The number of rotatable bonds is 4. The summed E-state index contributed by atoms with van der Waals surface area (Å²) in [6.07, 6.45) is 6.03. The molecule has 0 aromatic carbocycles. The summed E-state index contributed by atoms with van der Waals surface area (Å²) in [6.45, 7) is 4.39. The van der Waals surface area contributed by atoms with Crippen molar-refractivity contribution in [1.82, 2.24) is 14.9 Å². The summed E-state index contributed by atoms with van der Waals surface area (Å²) in [5.41, 5.74) is 0. The fourth-order valence-electron chi connectivity index (χ4n) is 0.969. The molecule has 1 atom stereocenters. The average Bonchev–Trinajstić information content (AvgIpc) is 2.56. The topological polar surface area (TPSA) is 46.9 Å². The van der Waals surface area contributed by atoms with Crippen LogP contribution in [0.5, 0.6) is 0 Å². The number of amides is 1. The van der Waals surface area contributed by atoms with Crippen molar-refractivity contribution in [3.63, 3.8) is 0 Å². The molecule has 1 aromatic rings. The highest BCUT2D eigenvalue weighted by Crippen LogP contribution is 1.90. The first kappa shape index (κ1) is 9.77. The third-order valence-electron chi connectivity index (χ3n) is 1.91. The van der Waals surface area contributed by atoms with E-state index in [-0.39, 0.29) is 11.9 Å². The number of hydrogen-bond acceptors (Lipinski definition) is 2. The van der Waals surface area contributed by atoms with Gasteiger partial charge in [0, 0.05) is 18.4 Å². The quantitative estimate of drug-likeness (QED) is 0.746.